The van der Waals surface area contributed by atoms with E-state index in [0.717, 1.165) is 18.2 Å². The average Bonchev–Trinajstić information content (AvgIpc) is 1.94. The van der Waals surface area contributed by atoms with Crippen LogP contribution in [-0.4, -0.2) is 13.9 Å². The van der Waals surface area contributed by atoms with Crippen molar-refractivity contribution in [3.05, 3.63) is 24.0 Å². The highest BCUT2D eigenvalue weighted by Gasteiger charge is 2.04. The van der Waals surface area contributed by atoms with Crippen LogP contribution in [-0.2, 0) is 11.1 Å². The molecule has 1 rings (SSSR count). The van der Waals surface area contributed by atoms with Crippen molar-refractivity contribution in [2.75, 3.05) is 0 Å². The molecular formula is C6H5FO3S. The van der Waals surface area contributed by atoms with E-state index in [1.165, 1.54) is 0 Å². The predicted octanol–water partition coefficient (Wildman–Crippen LogP) is 1.11. The molecule has 0 amide bonds. The molecule has 60 valence electrons. The molecule has 1 atom stereocenters. The minimum absolute atomic E-state index is 0.0242. The molecule has 1 unspecified atom stereocenters. The Balaban J connectivity index is 3.15. The van der Waals surface area contributed by atoms with Crippen molar-refractivity contribution in [1.29, 1.82) is 0 Å². The summed E-state index contributed by atoms with van der Waals surface area (Å²) in [5.41, 5.74) is 0. The van der Waals surface area contributed by atoms with Gasteiger partial charge in [-0.15, -0.1) is 0 Å². The third-order valence-electron chi connectivity index (χ3n) is 1.12. The Bertz CT molecular complexity index is 300. The monoisotopic (exact) mass is 176 g/mol. The summed E-state index contributed by atoms with van der Waals surface area (Å²) in [6.07, 6.45) is 0. The summed E-state index contributed by atoms with van der Waals surface area (Å²) >= 11 is -2.17. The number of aromatic hydroxyl groups is 1. The Morgan fingerprint density at radius 3 is 2.55 bits per heavy atom. The van der Waals surface area contributed by atoms with E-state index in [0.29, 0.717) is 0 Å². The number of benzene rings is 1. The average molecular weight is 176 g/mol. The van der Waals surface area contributed by atoms with Gasteiger partial charge in [0.15, 0.2) is 22.6 Å². The lowest BCUT2D eigenvalue weighted by Gasteiger charge is -1.96. The first-order valence-corrected chi connectivity index (χ1v) is 3.81. The molecule has 2 N–H and O–H groups in total. The van der Waals surface area contributed by atoms with Crippen molar-refractivity contribution >= 4 is 11.1 Å². The first-order chi connectivity index (χ1) is 5.11. The molecule has 1 aromatic carbocycles. The van der Waals surface area contributed by atoms with Gasteiger partial charge in [0.25, 0.3) is 0 Å². The smallest absolute Gasteiger partial charge is 0.186 e. The topological polar surface area (TPSA) is 57.5 Å². The molecule has 0 radical (unpaired) electrons. The third-order valence-corrected chi connectivity index (χ3v) is 1.78. The fraction of sp³-hybridized carbons (Fsp3) is 0. The maximum Gasteiger partial charge on any atom is 0.186 e. The van der Waals surface area contributed by atoms with Crippen LogP contribution in [0.1, 0.15) is 0 Å². The lowest BCUT2D eigenvalue weighted by molar-refractivity contribution is 0.430. The second-order valence-electron chi connectivity index (χ2n) is 1.86. The van der Waals surface area contributed by atoms with Crippen LogP contribution in [0, 0.1) is 5.82 Å². The largest absolute Gasteiger partial charge is 0.505 e. The lowest BCUT2D eigenvalue weighted by Crippen LogP contribution is -1.88. The Hall–Kier alpha value is -0.940. The molecule has 0 aliphatic rings. The van der Waals surface area contributed by atoms with Crippen molar-refractivity contribution in [2.24, 2.45) is 0 Å². The van der Waals surface area contributed by atoms with Crippen molar-refractivity contribution in [3.63, 3.8) is 0 Å². The molecule has 3 nitrogen and oxygen atoms in total. The zero-order valence-electron chi connectivity index (χ0n) is 5.32. The van der Waals surface area contributed by atoms with Crippen LogP contribution in [0.15, 0.2) is 23.1 Å². The van der Waals surface area contributed by atoms with Crippen LogP contribution in [0.25, 0.3) is 0 Å². The molecule has 0 bridgehead atoms. The molecule has 0 aliphatic carbocycles. The zero-order chi connectivity index (χ0) is 8.43. The van der Waals surface area contributed by atoms with Crippen molar-refractivity contribution in [3.8, 4) is 5.75 Å². The first-order valence-electron chi connectivity index (χ1n) is 2.70. The van der Waals surface area contributed by atoms with Gasteiger partial charge < -0.3 is 9.66 Å². The number of phenolic OH excluding ortho intramolecular Hbond substituents is 1. The summed E-state index contributed by atoms with van der Waals surface area (Å²) in [4.78, 5) is -0.0242. The van der Waals surface area contributed by atoms with Gasteiger partial charge in [-0.3, -0.25) is 0 Å². The number of hydrogen-bond acceptors (Lipinski definition) is 2. The predicted molar refractivity (Wildman–Crippen MR) is 37.1 cm³/mol. The van der Waals surface area contributed by atoms with Gasteiger partial charge in [-0.1, -0.05) is 0 Å². The van der Waals surface area contributed by atoms with Crippen molar-refractivity contribution in [2.45, 2.75) is 4.90 Å². The van der Waals surface area contributed by atoms with Crippen molar-refractivity contribution < 1.29 is 18.3 Å². The molecule has 11 heavy (non-hydrogen) atoms. The normalized spacial score (nSPS) is 12.9. The second-order valence-corrected chi connectivity index (χ2v) is 2.83. The van der Waals surface area contributed by atoms with E-state index in [2.05, 4.69) is 0 Å². The van der Waals surface area contributed by atoms with E-state index in [4.69, 9.17) is 9.66 Å². The van der Waals surface area contributed by atoms with Gasteiger partial charge in [0.2, 0.25) is 0 Å². The van der Waals surface area contributed by atoms with E-state index < -0.39 is 22.6 Å². The lowest BCUT2D eigenvalue weighted by atomic mass is 10.3. The summed E-state index contributed by atoms with van der Waals surface area (Å²) in [6.45, 7) is 0. The maximum absolute atomic E-state index is 12.3. The second kappa shape index (κ2) is 2.98. The van der Waals surface area contributed by atoms with Gasteiger partial charge in [-0.05, 0) is 12.1 Å². The van der Waals surface area contributed by atoms with Crippen LogP contribution >= 0.6 is 0 Å². The van der Waals surface area contributed by atoms with Gasteiger partial charge in [0, 0.05) is 6.07 Å². The van der Waals surface area contributed by atoms with Gasteiger partial charge in [-0.25, -0.2) is 8.60 Å². The third kappa shape index (κ3) is 1.75. The molecule has 0 spiro atoms. The van der Waals surface area contributed by atoms with Gasteiger partial charge in [0.05, 0.1) is 4.90 Å². The Labute approximate surface area is 64.8 Å². The van der Waals surface area contributed by atoms with Crippen LogP contribution in [0.3, 0.4) is 0 Å². The fourth-order valence-corrected chi connectivity index (χ4v) is 0.998. The summed E-state index contributed by atoms with van der Waals surface area (Å²) in [5.74, 6) is -1.43. The quantitative estimate of drug-likeness (QED) is 0.630. The number of rotatable bonds is 1. The summed E-state index contributed by atoms with van der Waals surface area (Å²) in [6, 6.07) is 2.97. The zero-order valence-corrected chi connectivity index (χ0v) is 6.14. The summed E-state index contributed by atoms with van der Waals surface area (Å²) in [5, 5.41) is 8.73. The number of phenols is 1. The molecule has 5 heteroatoms. The summed E-state index contributed by atoms with van der Waals surface area (Å²) < 4.78 is 31.2. The minimum Gasteiger partial charge on any atom is -0.505 e. The molecular weight excluding hydrogens is 171 g/mol. The van der Waals surface area contributed by atoms with E-state index in [-0.39, 0.29) is 4.90 Å². The molecule has 0 fully saturated rings. The van der Waals surface area contributed by atoms with E-state index >= 15 is 0 Å². The minimum atomic E-state index is -2.17. The summed E-state index contributed by atoms with van der Waals surface area (Å²) in [7, 11) is 0. The SMILES string of the molecule is O=S(O)c1ccc(F)c(O)c1. The van der Waals surface area contributed by atoms with Crippen LogP contribution in [0.4, 0.5) is 4.39 Å². The number of hydrogen-bond donors (Lipinski definition) is 2. The first kappa shape index (κ1) is 8.16. The maximum atomic E-state index is 12.3. The van der Waals surface area contributed by atoms with E-state index in [9.17, 15) is 8.60 Å². The van der Waals surface area contributed by atoms with Crippen LogP contribution in [0.5, 0.6) is 5.75 Å². The Morgan fingerprint density at radius 1 is 1.45 bits per heavy atom. The highest BCUT2D eigenvalue weighted by atomic mass is 32.2. The highest BCUT2D eigenvalue weighted by molar-refractivity contribution is 7.79. The van der Waals surface area contributed by atoms with Gasteiger partial charge in [-0.2, -0.15) is 0 Å². The fourth-order valence-electron chi connectivity index (χ4n) is 0.601. The molecule has 0 aliphatic heterocycles. The standard InChI is InChI=1S/C6H5FO3S/c7-5-2-1-4(11(9)10)3-6(5)8/h1-3,8H,(H,9,10). The van der Waals surface area contributed by atoms with Gasteiger partial charge in [0.1, 0.15) is 0 Å². The highest BCUT2D eigenvalue weighted by Crippen LogP contribution is 2.17. The van der Waals surface area contributed by atoms with Crippen molar-refractivity contribution in [1.82, 2.24) is 0 Å². The van der Waals surface area contributed by atoms with Crippen LogP contribution in [0.2, 0.25) is 0 Å². The Kier molecular flexibility index (Phi) is 2.21. The van der Waals surface area contributed by atoms with Gasteiger partial charge >= 0.3 is 0 Å². The molecule has 0 aromatic heterocycles. The molecule has 0 saturated carbocycles. The molecule has 1 aromatic rings. The molecule has 0 saturated heterocycles. The van der Waals surface area contributed by atoms with E-state index in [1.807, 2.05) is 0 Å². The Morgan fingerprint density at radius 2 is 2.09 bits per heavy atom. The molecule has 0 heterocycles. The number of halogens is 1. The van der Waals surface area contributed by atoms with E-state index in [1.54, 1.807) is 0 Å². The van der Waals surface area contributed by atoms with Crippen LogP contribution < -0.4 is 0 Å².